The number of para-hydroxylation sites is 2. The van der Waals surface area contributed by atoms with Gasteiger partial charge in [-0.1, -0.05) is 12.1 Å². The van der Waals surface area contributed by atoms with Gasteiger partial charge in [-0.05, 0) is 12.1 Å². The summed E-state index contributed by atoms with van der Waals surface area (Å²) in [5.74, 6) is 0.676. The molecule has 0 aliphatic rings. The summed E-state index contributed by atoms with van der Waals surface area (Å²) in [4.78, 5) is 4.48. The molecule has 0 N–H and O–H groups in total. The summed E-state index contributed by atoms with van der Waals surface area (Å²) in [5, 5.41) is 0. The van der Waals surface area contributed by atoms with Crippen LogP contribution in [0, 0.1) is 6.92 Å². The van der Waals surface area contributed by atoms with Crippen molar-refractivity contribution >= 4 is 11.1 Å². The van der Waals surface area contributed by atoms with E-state index >= 15 is 0 Å². The summed E-state index contributed by atoms with van der Waals surface area (Å²) in [6.07, 6.45) is 2.01. The number of nitrogens with zero attached hydrogens (tertiary/aromatic N) is 2. The summed E-state index contributed by atoms with van der Waals surface area (Å²) in [6, 6.07) is 11.9. The van der Waals surface area contributed by atoms with Crippen LogP contribution in [0.2, 0.25) is 0 Å². The number of benzene rings is 1. The Morgan fingerprint density at radius 3 is 2.76 bits per heavy atom. The molecule has 0 unspecified atom stereocenters. The van der Waals surface area contributed by atoms with Crippen molar-refractivity contribution in [2.75, 3.05) is 0 Å². The predicted molar refractivity (Wildman–Crippen MR) is 65.4 cm³/mol. The van der Waals surface area contributed by atoms with E-state index in [4.69, 9.17) is 4.42 Å². The van der Waals surface area contributed by atoms with Crippen LogP contribution < -0.4 is 4.57 Å². The lowest BCUT2D eigenvalue weighted by molar-refractivity contribution is -0.677. The van der Waals surface area contributed by atoms with Crippen molar-refractivity contribution in [1.29, 1.82) is 0 Å². The van der Waals surface area contributed by atoms with Gasteiger partial charge in [-0.25, -0.2) is 9.55 Å². The van der Waals surface area contributed by atoms with Crippen LogP contribution in [0.4, 0.5) is 0 Å². The van der Waals surface area contributed by atoms with Gasteiger partial charge in [0.25, 0.3) is 0 Å². The molecule has 0 saturated carbocycles. The Morgan fingerprint density at radius 1 is 1.18 bits per heavy atom. The second kappa shape index (κ2) is 3.70. The van der Waals surface area contributed by atoms with E-state index in [0.29, 0.717) is 5.89 Å². The number of pyridine rings is 1. The molecule has 0 saturated heterocycles. The summed E-state index contributed by atoms with van der Waals surface area (Å²) >= 11 is 0. The number of oxazole rings is 1. The molecule has 0 amide bonds. The van der Waals surface area contributed by atoms with Gasteiger partial charge in [-0.2, -0.15) is 0 Å². The fraction of sp³-hybridized carbons (Fsp3) is 0.143. The molecule has 2 aromatic heterocycles. The Bertz CT molecular complexity index is 653. The van der Waals surface area contributed by atoms with E-state index in [1.807, 2.05) is 43.6 Å². The van der Waals surface area contributed by atoms with E-state index in [9.17, 15) is 0 Å². The molecule has 1 aromatic carbocycles. The summed E-state index contributed by atoms with van der Waals surface area (Å²) in [6.45, 7) is 2.06. The van der Waals surface area contributed by atoms with Gasteiger partial charge in [0.15, 0.2) is 17.5 Å². The van der Waals surface area contributed by atoms with Crippen LogP contribution in [-0.4, -0.2) is 4.98 Å². The van der Waals surface area contributed by atoms with E-state index < -0.39 is 0 Å². The summed E-state index contributed by atoms with van der Waals surface area (Å²) < 4.78 is 7.79. The van der Waals surface area contributed by atoms with Gasteiger partial charge in [0.05, 0.1) is 0 Å². The molecular formula is C14H13N2O+. The third kappa shape index (κ3) is 1.69. The fourth-order valence-corrected chi connectivity index (χ4v) is 1.81. The molecule has 3 aromatic rings. The van der Waals surface area contributed by atoms with E-state index in [-0.39, 0.29) is 0 Å². The minimum absolute atomic E-state index is 0.676. The van der Waals surface area contributed by atoms with Crippen LogP contribution >= 0.6 is 0 Å². The lowest BCUT2D eigenvalue weighted by atomic mass is 10.2. The van der Waals surface area contributed by atoms with E-state index in [2.05, 4.69) is 22.5 Å². The lowest BCUT2D eigenvalue weighted by Crippen LogP contribution is -2.30. The van der Waals surface area contributed by atoms with Crippen LogP contribution in [0.5, 0.6) is 0 Å². The molecule has 3 heteroatoms. The van der Waals surface area contributed by atoms with E-state index in [1.54, 1.807) is 0 Å². The van der Waals surface area contributed by atoms with Gasteiger partial charge in [-0.3, -0.25) is 0 Å². The molecule has 0 atom stereocenters. The van der Waals surface area contributed by atoms with Crippen molar-refractivity contribution in [3.8, 4) is 11.5 Å². The van der Waals surface area contributed by atoms with Crippen LogP contribution in [-0.2, 0) is 7.05 Å². The zero-order valence-electron chi connectivity index (χ0n) is 9.84. The predicted octanol–water partition coefficient (Wildman–Crippen LogP) is 2.63. The number of hydrogen-bond acceptors (Lipinski definition) is 2. The molecule has 3 rings (SSSR count). The van der Waals surface area contributed by atoms with Crippen molar-refractivity contribution in [1.82, 2.24) is 4.98 Å². The zero-order chi connectivity index (χ0) is 11.8. The molecule has 3 nitrogen and oxygen atoms in total. The normalized spacial score (nSPS) is 10.9. The maximum absolute atomic E-state index is 5.73. The first kappa shape index (κ1) is 10.0. The summed E-state index contributed by atoms with van der Waals surface area (Å²) in [7, 11) is 2.02. The number of fused-ring (bicyclic) bond motifs is 1. The highest BCUT2D eigenvalue weighted by Crippen LogP contribution is 2.23. The average Bonchev–Trinajstić information content (AvgIpc) is 2.76. The summed E-state index contributed by atoms with van der Waals surface area (Å²) in [5.41, 5.74) is 3.91. The maximum atomic E-state index is 5.73. The number of hydrogen-bond donors (Lipinski definition) is 0. The highest BCUT2D eigenvalue weighted by atomic mass is 16.3. The quantitative estimate of drug-likeness (QED) is 0.596. The van der Waals surface area contributed by atoms with Crippen molar-refractivity contribution in [2.45, 2.75) is 6.92 Å². The second-order valence-corrected chi connectivity index (χ2v) is 4.15. The Kier molecular flexibility index (Phi) is 2.18. The number of rotatable bonds is 1. The van der Waals surface area contributed by atoms with Gasteiger partial charge in [0, 0.05) is 24.6 Å². The molecule has 0 spiro atoms. The molecule has 0 fully saturated rings. The van der Waals surface area contributed by atoms with Gasteiger partial charge in [0.1, 0.15) is 12.6 Å². The van der Waals surface area contributed by atoms with Crippen molar-refractivity contribution in [2.24, 2.45) is 7.05 Å². The molecule has 2 heterocycles. The topological polar surface area (TPSA) is 29.9 Å². The van der Waals surface area contributed by atoms with Crippen LogP contribution in [0.25, 0.3) is 22.6 Å². The second-order valence-electron chi connectivity index (χ2n) is 4.15. The highest BCUT2D eigenvalue weighted by molar-refractivity contribution is 5.75. The zero-order valence-corrected chi connectivity index (χ0v) is 9.84. The van der Waals surface area contributed by atoms with E-state index in [0.717, 1.165) is 16.7 Å². The first-order valence-corrected chi connectivity index (χ1v) is 5.56. The molecule has 0 aliphatic carbocycles. The smallest absolute Gasteiger partial charge is 0.227 e. The lowest BCUT2D eigenvalue weighted by Gasteiger charge is -1.96. The monoisotopic (exact) mass is 225 g/mol. The Hall–Kier alpha value is -2.16. The molecule has 17 heavy (non-hydrogen) atoms. The van der Waals surface area contributed by atoms with Gasteiger partial charge in [0.2, 0.25) is 5.89 Å². The minimum Gasteiger partial charge on any atom is -0.436 e. The molecule has 0 bridgehead atoms. The van der Waals surface area contributed by atoms with E-state index in [1.165, 1.54) is 5.69 Å². The van der Waals surface area contributed by atoms with Gasteiger partial charge >= 0.3 is 0 Å². The van der Waals surface area contributed by atoms with Crippen molar-refractivity contribution in [3.63, 3.8) is 0 Å². The number of aryl methyl sites for hydroxylation is 2. The Morgan fingerprint density at radius 2 is 2.00 bits per heavy atom. The van der Waals surface area contributed by atoms with Crippen molar-refractivity contribution in [3.05, 3.63) is 48.3 Å². The maximum Gasteiger partial charge on any atom is 0.227 e. The van der Waals surface area contributed by atoms with Crippen LogP contribution in [0.1, 0.15) is 5.69 Å². The minimum atomic E-state index is 0.676. The van der Waals surface area contributed by atoms with Gasteiger partial charge in [-0.15, -0.1) is 0 Å². The fourth-order valence-electron chi connectivity index (χ4n) is 1.81. The SMILES string of the molecule is Cc1cc(-c2nc3ccccc3o2)cc[n+]1C. The van der Waals surface area contributed by atoms with Gasteiger partial charge < -0.3 is 4.42 Å². The van der Waals surface area contributed by atoms with Crippen LogP contribution in [0.15, 0.2) is 47.0 Å². The third-order valence-electron chi connectivity index (χ3n) is 2.94. The van der Waals surface area contributed by atoms with Crippen LogP contribution in [0.3, 0.4) is 0 Å². The molecular weight excluding hydrogens is 212 g/mol. The van der Waals surface area contributed by atoms with Crippen molar-refractivity contribution < 1.29 is 8.98 Å². The first-order chi connectivity index (χ1) is 8.24. The largest absolute Gasteiger partial charge is 0.436 e. The molecule has 0 aliphatic heterocycles. The third-order valence-corrected chi connectivity index (χ3v) is 2.94. The number of aromatic nitrogens is 2. The standard InChI is InChI=1S/C14H13N2O/c1-10-9-11(7-8-16(10)2)14-15-12-5-3-4-6-13(12)17-14/h3-9H,1-2H3/q+1. The Balaban J connectivity index is 2.17. The molecule has 84 valence electrons. The average molecular weight is 225 g/mol. The molecule has 0 radical (unpaired) electrons. The Labute approximate surface area is 99.3 Å². The first-order valence-electron chi connectivity index (χ1n) is 5.56. The highest BCUT2D eigenvalue weighted by Gasteiger charge is 2.10.